The Morgan fingerprint density at radius 3 is 2.65 bits per heavy atom. The highest BCUT2D eigenvalue weighted by atomic mass is 32.1. The summed E-state index contributed by atoms with van der Waals surface area (Å²) in [4.78, 5) is 29.3. The Balaban J connectivity index is 1.95. The van der Waals surface area contributed by atoms with Gasteiger partial charge in [0.15, 0.2) is 0 Å². The van der Waals surface area contributed by atoms with Gasteiger partial charge in [0.1, 0.15) is 5.69 Å². The van der Waals surface area contributed by atoms with Gasteiger partial charge in [-0.3, -0.25) is 9.59 Å². The number of carbonyl (C=O) groups is 2. The number of aliphatic carboxylic acids is 1. The molecule has 1 saturated heterocycles. The first kappa shape index (κ1) is 15.0. The van der Waals surface area contributed by atoms with Crippen LogP contribution in [0.3, 0.4) is 0 Å². The standard InChI is InChI=1S/C14H20N2O3S/c1-9(2)7-12-15-11(8-20-12)13(17)16-5-3-10(4-6-16)14(18)19/h8-10H,3-7H2,1-2H3,(H,18,19). The normalized spacial score (nSPS) is 16.6. The number of hydrogen-bond acceptors (Lipinski definition) is 4. The van der Waals surface area contributed by atoms with Crippen molar-refractivity contribution in [3.8, 4) is 0 Å². The summed E-state index contributed by atoms with van der Waals surface area (Å²) >= 11 is 1.52. The number of carboxylic acids is 1. The highest BCUT2D eigenvalue weighted by Crippen LogP contribution is 2.21. The number of aromatic nitrogens is 1. The molecule has 0 atom stereocenters. The molecule has 0 saturated carbocycles. The molecule has 0 radical (unpaired) electrons. The lowest BCUT2D eigenvalue weighted by molar-refractivity contribution is -0.143. The topological polar surface area (TPSA) is 70.5 Å². The zero-order valence-corrected chi connectivity index (χ0v) is 12.7. The summed E-state index contributed by atoms with van der Waals surface area (Å²) in [5.74, 6) is -0.619. The molecule has 0 aliphatic carbocycles. The number of piperidine rings is 1. The molecular formula is C14H20N2O3S. The average Bonchev–Trinajstić information content (AvgIpc) is 2.85. The van der Waals surface area contributed by atoms with Crippen molar-refractivity contribution in [3.05, 3.63) is 16.1 Å². The molecule has 110 valence electrons. The first-order chi connectivity index (χ1) is 9.47. The maximum absolute atomic E-state index is 12.3. The van der Waals surface area contributed by atoms with Gasteiger partial charge in [0, 0.05) is 24.9 Å². The second-order valence-corrected chi connectivity index (χ2v) is 6.57. The second-order valence-electron chi connectivity index (χ2n) is 5.63. The van der Waals surface area contributed by atoms with E-state index in [-0.39, 0.29) is 11.8 Å². The molecule has 1 N–H and O–H groups in total. The van der Waals surface area contributed by atoms with Crippen molar-refractivity contribution in [3.63, 3.8) is 0 Å². The summed E-state index contributed by atoms with van der Waals surface area (Å²) in [6.07, 6.45) is 1.95. The minimum atomic E-state index is -0.759. The van der Waals surface area contributed by atoms with Crippen LogP contribution in [0, 0.1) is 11.8 Å². The Bertz CT molecular complexity index is 490. The van der Waals surface area contributed by atoms with Crippen molar-refractivity contribution in [2.45, 2.75) is 33.1 Å². The van der Waals surface area contributed by atoms with Crippen molar-refractivity contribution >= 4 is 23.2 Å². The van der Waals surface area contributed by atoms with Crippen LogP contribution in [0.5, 0.6) is 0 Å². The van der Waals surface area contributed by atoms with Crippen molar-refractivity contribution < 1.29 is 14.7 Å². The molecule has 0 aromatic carbocycles. The molecule has 0 bridgehead atoms. The SMILES string of the molecule is CC(C)Cc1nc(C(=O)N2CCC(C(=O)O)CC2)cs1. The maximum Gasteiger partial charge on any atom is 0.306 e. The van der Waals surface area contributed by atoms with Crippen LogP contribution in [0.1, 0.15) is 42.2 Å². The Kier molecular flexibility index (Phi) is 4.75. The number of carboxylic acid groups (broad SMARTS) is 1. The molecule has 1 fully saturated rings. The molecule has 2 heterocycles. The smallest absolute Gasteiger partial charge is 0.306 e. The van der Waals surface area contributed by atoms with Crippen LogP contribution in [0.15, 0.2) is 5.38 Å². The quantitative estimate of drug-likeness (QED) is 0.925. The third-order valence-corrected chi connectivity index (χ3v) is 4.36. The highest BCUT2D eigenvalue weighted by molar-refractivity contribution is 7.09. The first-order valence-corrected chi connectivity index (χ1v) is 7.81. The fourth-order valence-corrected chi connectivity index (χ4v) is 3.33. The Morgan fingerprint density at radius 1 is 1.45 bits per heavy atom. The second kappa shape index (κ2) is 6.35. The lowest BCUT2D eigenvalue weighted by Crippen LogP contribution is -2.40. The summed E-state index contributed by atoms with van der Waals surface area (Å²) < 4.78 is 0. The van der Waals surface area contributed by atoms with E-state index in [0.29, 0.717) is 37.5 Å². The molecule has 20 heavy (non-hydrogen) atoms. The average molecular weight is 296 g/mol. The van der Waals surface area contributed by atoms with Gasteiger partial charge in [-0.15, -0.1) is 11.3 Å². The van der Waals surface area contributed by atoms with Crippen LogP contribution < -0.4 is 0 Å². The number of rotatable bonds is 4. The van der Waals surface area contributed by atoms with E-state index >= 15 is 0 Å². The van der Waals surface area contributed by atoms with Gasteiger partial charge in [0.2, 0.25) is 0 Å². The van der Waals surface area contributed by atoms with E-state index < -0.39 is 5.97 Å². The van der Waals surface area contributed by atoms with E-state index in [1.165, 1.54) is 11.3 Å². The third kappa shape index (κ3) is 3.56. The molecule has 5 nitrogen and oxygen atoms in total. The number of likely N-dealkylation sites (tertiary alicyclic amines) is 1. The van der Waals surface area contributed by atoms with Crippen molar-refractivity contribution in [2.75, 3.05) is 13.1 Å². The van der Waals surface area contributed by atoms with E-state index in [4.69, 9.17) is 5.11 Å². The maximum atomic E-state index is 12.3. The summed E-state index contributed by atoms with van der Waals surface area (Å²) in [7, 11) is 0. The van der Waals surface area contributed by atoms with Crippen molar-refractivity contribution in [1.29, 1.82) is 0 Å². The number of amides is 1. The fraction of sp³-hybridized carbons (Fsp3) is 0.643. The Hall–Kier alpha value is -1.43. The van der Waals surface area contributed by atoms with Crippen LogP contribution in [0.25, 0.3) is 0 Å². The van der Waals surface area contributed by atoms with Crippen molar-refractivity contribution in [2.24, 2.45) is 11.8 Å². The van der Waals surface area contributed by atoms with E-state index in [0.717, 1.165) is 11.4 Å². The number of thiazole rings is 1. The van der Waals surface area contributed by atoms with Crippen LogP contribution in [0.2, 0.25) is 0 Å². The van der Waals surface area contributed by atoms with Gasteiger partial charge >= 0.3 is 5.97 Å². The zero-order chi connectivity index (χ0) is 14.7. The predicted octanol–water partition coefficient (Wildman–Crippen LogP) is 2.28. The number of carbonyl (C=O) groups excluding carboxylic acids is 1. The Morgan fingerprint density at radius 2 is 2.10 bits per heavy atom. The van der Waals surface area contributed by atoms with Gasteiger partial charge in [0.25, 0.3) is 5.91 Å². The minimum Gasteiger partial charge on any atom is -0.481 e. The van der Waals surface area contributed by atoms with Crippen LogP contribution in [-0.2, 0) is 11.2 Å². The molecule has 1 amide bonds. The van der Waals surface area contributed by atoms with Gasteiger partial charge in [-0.2, -0.15) is 0 Å². The summed E-state index contributed by atoms with van der Waals surface area (Å²) in [5.41, 5.74) is 0.499. The summed E-state index contributed by atoms with van der Waals surface area (Å²) in [6.45, 7) is 5.26. The third-order valence-electron chi connectivity index (χ3n) is 3.49. The predicted molar refractivity (Wildman–Crippen MR) is 76.9 cm³/mol. The van der Waals surface area contributed by atoms with E-state index in [2.05, 4.69) is 18.8 Å². The van der Waals surface area contributed by atoms with Crippen LogP contribution >= 0.6 is 11.3 Å². The fourth-order valence-electron chi connectivity index (χ4n) is 2.34. The lowest BCUT2D eigenvalue weighted by atomic mass is 9.97. The molecule has 1 aliphatic heterocycles. The molecular weight excluding hydrogens is 276 g/mol. The minimum absolute atomic E-state index is 0.0694. The monoisotopic (exact) mass is 296 g/mol. The number of nitrogens with zero attached hydrogens (tertiary/aromatic N) is 2. The van der Waals surface area contributed by atoms with Gasteiger partial charge in [0.05, 0.1) is 10.9 Å². The summed E-state index contributed by atoms with van der Waals surface area (Å²) in [5, 5.41) is 11.8. The lowest BCUT2D eigenvalue weighted by Gasteiger charge is -2.29. The molecule has 2 rings (SSSR count). The van der Waals surface area contributed by atoms with Gasteiger partial charge < -0.3 is 10.0 Å². The zero-order valence-electron chi connectivity index (χ0n) is 11.8. The van der Waals surface area contributed by atoms with Gasteiger partial charge in [-0.1, -0.05) is 13.8 Å². The first-order valence-electron chi connectivity index (χ1n) is 6.94. The Labute approximate surface area is 122 Å². The van der Waals surface area contributed by atoms with Crippen molar-refractivity contribution in [1.82, 2.24) is 9.88 Å². The molecule has 1 aromatic heterocycles. The molecule has 0 spiro atoms. The van der Waals surface area contributed by atoms with Crippen LogP contribution in [0.4, 0.5) is 0 Å². The number of hydrogen-bond donors (Lipinski definition) is 1. The molecule has 0 unspecified atom stereocenters. The van der Waals surface area contributed by atoms with Crippen LogP contribution in [-0.4, -0.2) is 40.0 Å². The van der Waals surface area contributed by atoms with Gasteiger partial charge in [-0.05, 0) is 18.8 Å². The van der Waals surface area contributed by atoms with E-state index in [1.807, 2.05) is 5.38 Å². The molecule has 1 aliphatic rings. The molecule has 6 heteroatoms. The van der Waals surface area contributed by atoms with Gasteiger partial charge in [-0.25, -0.2) is 4.98 Å². The molecule has 1 aromatic rings. The summed E-state index contributed by atoms with van der Waals surface area (Å²) in [6, 6.07) is 0. The van der Waals surface area contributed by atoms with E-state index in [1.54, 1.807) is 4.90 Å². The van der Waals surface area contributed by atoms with E-state index in [9.17, 15) is 9.59 Å². The largest absolute Gasteiger partial charge is 0.481 e. The highest BCUT2D eigenvalue weighted by Gasteiger charge is 2.28.